The summed E-state index contributed by atoms with van der Waals surface area (Å²) in [6.45, 7) is 3.10. The molecule has 2 nitrogen and oxygen atoms in total. The van der Waals surface area contributed by atoms with Crippen LogP contribution in [0.1, 0.15) is 31.7 Å². The lowest BCUT2D eigenvalue weighted by Crippen LogP contribution is -2.23. The highest BCUT2D eigenvalue weighted by molar-refractivity contribution is 6.30. The average Bonchev–Trinajstić information content (AvgIpc) is 2.30. The molecule has 0 saturated carbocycles. The SMILES string of the molecule is CCCCCN=C(c1ccc(Cl)cc1)N(C)C. The minimum atomic E-state index is 0.762. The molecule has 94 valence electrons. The van der Waals surface area contributed by atoms with Crippen molar-refractivity contribution < 1.29 is 0 Å². The summed E-state index contributed by atoms with van der Waals surface area (Å²) in [7, 11) is 4.04. The minimum Gasteiger partial charge on any atom is -0.363 e. The van der Waals surface area contributed by atoms with Crippen molar-refractivity contribution in [2.24, 2.45) is 4.99 Å². The number of hydrogen-bond donors (Lipinski definition) is 0. The molecule has 1 aromatic rings. The Hall–Kier alpha value is -1.02. The Morgan fingerprint density at radius 2 is 1.82 bits per heavy atom. The lowest BCUT2D eigenvalue weighted by atomic mass is 10.2. The van der Waals surface area contributed by atoms with Crippen LogP contribution in [0.5, 0.6) is 0 Å². The molecular weight excluding hydrogens is 232 g/mol. The van der Waals surface area contributed by atoms with Gasteiger partial charge in [0.25, 0.3) is 0 Å². The van der Waals surface area contributed by atoms with Gasteiger partial charge in [-0.15, -0.1) is 0 Å². The van der Waals surface area contributed by atoms with E-state index in [1.54, 1.807) is 0 Å². The van der Waals surface area contributed by atoms with Gasteiger partial charge in [0, 0.05) is 31.2 Å². The van der Waals surface area contributed by atoms with Crippen molar-refractivity contribution in [1.29, 1.82) is 0 Å². The van der Waals surface area contributed by atoms with Crippen LogP contribution in [0.2, 0.25) is 5.02 Å². The topological polar surface area (TPSA) is 15.6 Å². The summed E-state index contributed by atoms with van der Waals surface area (Å²) in [5.41, 5.74) is 1.12. The smallest absolute Gasteiger partial charge is 0.130 e. The van der Waals surface area contributed by atoms with Crippen LogP contribution in [0.4, 0.5) is 0 Å². The highest BCUT2D eigenvalue weighted by Crippen LogP contribution is 2.11. The molecular formula is C14H21ClN2. The van der Waals surface area contributed by atoms with Gasteiger partial charge < -0.3 is 4.90 Å². The largest absolute Gasteiger partial charge is 0.363 e. The number of aliphatic imine (C=N–C) groups is 1. The fourth-order valence-corrected chi connectivity index (χ4v) is 1.76. The first-order valence-electron chi connectivity index (χ1n) is 6.13. The number of halogens is 1. The van der Waals surface area contributed by atoms with Crippen LogP contribution in [-0.2, 0) is 0 Å². The van der Waals surface area contributed by atoms with E-state index in [1.165, 1.54) is 12.8 Å². The summed E-state index contributed by atoms with van der Waals surface area (Å²) in [6, 6.07) is 7.84. The van der Waals surface area contributed by atoms with E-state index >= 15 is 0 Å². The maximum absolute atomic E-state index is 5.89. The van der Waals surface area contributed by atoms with Crippen molar-refractivity contribution in [3.8, 4) is 0 Å². The van der Waals surface area contributed by atoms with Crippen molar-refractivity contribution in [1.82, 2.24) is 4.90 Å². The fourth-order valence-electron chi connectivity index (χ4n) is 1.64. The number of unbranched alkanes of at least 4 members (excludes halogenated alkanes) is 2. The highest BCUT2D eigenvalue weighted by Gasteiger charge is 2.05. The predicted molar refractivity (Wildman–Crippen MR) is 76.1 cm³/mol. The number of rotatable bonds is 5. The van der Waals surface area contributed by atoms with Gasteiger partial charge in [0.05, 0.1) is 0 Å². The molecule has 1 aromatic carbocycles. The zero-order valence-electron chi connectivity index (χ0n) is 10.9. The standard InChI is InChI=1S/C14H21ClN2/c1-4-5-6-11-16-14(17(2)3)12-7-9-13(15)10-8-12/h7-10H,4-6,11H2,1-3H3. The van der Waals surface area contributed by atoms with E-state index in [9.17, 15) is 0 Å². The summed E-state index contributed by atoms with van der Waals surface area (Å²) in [4.78, 5) is 6.71. The Labute approximate surface area is 109 Å². The van der Waals surface area contributed by atoms with Gasteiger partial charge in [0.2, 0.25) is 0 Å². The van der Waals surface area contributed by atoms with E-state index in [2.05, 4.69) is 16.8 Å². The van der Waals surface area contributed by atoms with E-state index in [-0.39, 0.29) is 0 Å². The molecule has 3 heteroatoms. The van der Waals surface area contributed by atoms with Gasteiger partial charge in [-0.1, -0.05) is 31.4 Å². The Morgan fingerprint density at radius 3 is 2.35 bits per heavy atom. The molecule has 0 aliphatic heterocycles. The molecule has 0 saturated heterocycles. The molecule has 0 unspecified atom stereocenters. The number of nitrogens with zero attached hydrogens (tertiary/aromatic N) is 2. The number of amidine groups is 1. The summed E-state index contributed by atoms with van der Waals surface area (Å²) in [5.74, 6) is 1.03. The molecule has 1 rings (SSSR count). The molecule has 0 aliphatic rings. The molecule has 0 fully saturated rings. The van der Waals surface area contributed by atoms with Gasteiger partial charge in [0.1, 0.15) is 5.84 Å². The van der Waals surface area contributed by atoms with Gasteiger partial charge in [-0.2, -0.15) is 0 Å². The quantitative estimate of drug-likeness (QED) is 0.442. The third kappa shape index (κ3) is 4.78. The monoisotopic (exact) mass is 252 g/mol. The molecule has 0 aliphatic carbocycles. The highest BCUT2D eigenvalue weighted by atomic mass is 35.5. The third-order valence-corrected chi connectivity index (χ3v) is 2.80. The van der Waals surface area contributed by atoms with Crippen molar-refractivity contribution in [3.63, 3.8) is 0 Å². The average molecular weight is 253 g/mol. The number of benzene rings is 1. The second-order valence-corrected chi connectivity index (χ2v) is 4.75. The Bertz CT molecular complexity index is 355. The van der Waals surface area contributed by atoms with Gasteiger partial charge in [-0.25, -0.2) is 0 Å². The van der Waals surface area contributed by atoms with Gasteiger partial charge in [0.15, 0.2) is 0 Å². The normalized spacial score (nSPS) is 11.6. The molecule has 0 atom stereocenters. The van der Waals surface area contributed by atoms with E-state index in [0.29, 0.717) is 0 Å². The Balaban J connectivity index is 2.75. The molecule has 0 aromatic heterocycles. The van der Waals surface area contributed by atoms with Crippen LogP contribution in [0, 0.1) is 0 Å². The summed E-state index contributed by atoms with van der Waals surface area (Å²) >= 11 is 5.89. The van der Waals surface area contributed by atoms with Crippen molar-refractivity contribution in [3.05, 3.63) is 34.9 Å². The predicted octanol–water partition coefficient (Wildman–Crippen LogP) is 3.84. The second kappa shape index (κ2) is 7.33. The van der Waals surface area contributed by atoms with Gasteiger partial charge in [-0.3, -0.25) is 4.99 Å². The van der Waals surface area contributed by atoms with Crippen LogP contribution in [0.25, 0.3) is 0 Å². The van der Waals surface area contributed by atoms with Crippen molar-refractivity contribution >= 4 is 17.4 Å². The number of hydrogen-bond acceptors (Lipinski definition) is 1. The first-order valence-corrected chi connectivity index (χ1v) is 6.50. The second-order valence-electron chi connectivity index (χ2n) is 4.31. The molecule has 17 heavy (non-hydrogen) atoms. The first kappa shape index (κ1) is 14.0. The molecule has 0 heterocycles. The van der Waals surface area contributed by atoms with E-state index in [1.807, 2.05) is 38.4 Å². The summed E-state index contributed by atoms with van der Waals surface area (Å²) in [5, 5.41) is 0.762. The molecule has 0 radical (unpaired) electrons. The Morgan fingerprint density at radius 1 is 1.18 bits per heavy atom. The maximum atomic E-state index is 5.89. The van der Waals surface area contributed by atoms with E-state index in [4.69, 9.17) is 11.6 Å². The van der Waals surface area contributed by atoms with E-state index in [0.717, 1.165) is 29.4 Å². The van der Waals surface area contributed by atoms with Crippen molar-refractivity contribution in [2.45, 2.75) is 26.2 Å². The lowest BCUT2D eigenvalue weighted by Gasteiger charge is -2.16. The maximum Gasteiger partial charge on any atom is 0.130 e. The van der Waals surface area contributed by atoms with Crippen LogP contribution >= 0.6 is 11.6 Å². The molecule has 0 spiro atoms. The molecule has 0 bridgehead atoms. The van der Waals surface area contributed by atoms with Crippen molar-refractivity contribution in [2.75, 3.05) is 20.6 Å². The third-order valence-electron chi connectivity index (χ3n) is 2.55. The van der Waals surface area contributed by atoms with Gasteiger partial charge >= 0.3 is 0 Å². The van der Waals surface area contributed by atoms with Gasteiger partial charge in [-0.05, 0) is 30.7 Å². The lowest BCUT2D eigenvalue weighted by molar-refractivity contribution is 0.614. The molecule has 0 amide bonds. The van der Waals surface area contributed by atoms with Crippen LogP contribution < -0.4 is 0 Å². The zero-order chi connectivity index (χ0) is 12.7. The van der Waals surface area contributed by atoms with Crippen LogP contribution in [0.15, 0.2) is 29.3 Å². The molecule has 0 N–H and O–H groups in total. The summed E-state index contributed by atoms with van der Waals surface area (Å²) < 4.78 is 0. The minimum absolute atomic E-state index is 0.762. The fraction of sp³-hybridized carbons (Fsp3) is 0.500. The Kier molecular flexibility index (Phi) is 6.06. The van der Waals surface area contributed by atoms with Crippen LogP contribution in [-0.4, -0.2) is 31.4 Å². The van der Waals surface area contributed by atoms with E-state index < -0.39 is 0 Å². The van der Waals surface area contributed by atoms with Crippen LogP contribution in [0.3, 0.4) is 0 Å². The summed E-state index contributed by atoms with van der Waals surface area (Å²) in [6.07, 6.45) is 3.63. The first-order chi connectivity index (χ1) is 8.15. The zero-order valence-corrected chi connectivity index (χ0v) is 11.7.